The SMILES string of the molecule is CS(=O)NCC(=O)N1C[C@H](NC(=O)c2ccccc2)C[C@H]1C(=O)O. The number of nitrogens with zero attached hydrogens (tertiary/aromatic N) is 1. The van der Waals surface area contributed by atoms with Crippen molar-refractivity contribution >= 4 is 28.8 Å². The molecule has 1 fully saturated rings. The Labute approximate surface area is 141 Å². The molecule has 1 heterocycles. The van der Waals surface area contributed by atoms with E-state index in [9.17, 15) is 23.7 Å². The zero-order valence-corrected chi connectivity index (χ0v) is 13.9. The van der Waals surface area contributed by atoms with Crippen molar-refractivity contribution in [1.29, 1.82) is 0 Å². The lowest BCUT2D eigenvalue weighted by molar-refractivity contribution is -0.147. The molecule has 0 saturated carbocycles. The molecule has 3 N–H and O–H groups in total. The smallest absolute Gasteiger partial charge is 0.326 e. The average Bonchev–Trinajstić information content (AvgIpc) is 2.97. The van der Waals surface area contributed by atoms with E-state index in [0.717, 1.165) is 0 Å². The van der Waals surface area contributed by atoms with Gasteiger partial charge >= 0.3 is 5.97 Å². The highest BCUT2D eigenvalue weighted by atomic mass is 32.2. The number of carboxylic acid groups (broad SMARTS) is 1. The number of benzene rings is 1. The van der Waals surface area contributed by atoms with Crippen LogP contribution in [0.4, 0.5) is 0 Å². The zero-order valence-electron chi connectivity index (χ0n) is 13.1. The first-order valence-electron chi connectivity index (χ1n) is 7.33. The predicted octanol–water partition coefficient (Wildman–Crippen LogP) is -0.646. The molecule has 3 atom stereocenters. The lowest BCUT2D eigenvalue weighted by Gasteiger charge is -2.21. The van der Waals surface area contributed by atoms with Crippen molar-refractivity contribution in [1.82, 2.24) is 14.9 Å². The normalized spacial score (nSPS) is 21.3. The summed E-state index contributed by atoms with van der Waals surface area (Å²) < 4.78 is 13.5. The van der Waals surface area contributed by atoms with Crippen LogP contribution >= 0.6 is 0 Å². The van der Waals surface area contributed by atoms with Crippen LogP contribution in [-0.4, -0.2) is 63.4 Å². The summed E-state index contributed by atoms with van der Waals surface area (Å²) in [5, 5.41) is 12.0. The fourth-order valence-electron chi connectivity index (χ4n) is 2.57. The van der Waals surface area contributed by atoms with E-state index in [1.54, 1.807) is 30.3 Å². The first-order valence-corrected chi connectivity index (χ1v) is 8.89. The minimum Gasteiger partial charge on any atom is -0.480 e. The van der Waals surface area contributed by atoms with Crippen LogP contribution in [0.2, 0.25) is 0 Å². The van der Waals surface area contributed by atoms with E-state index in [-0.39, 0.29) is 25.4 Å². The number of hydrogen-bond donors (Lipinski definition) is 3. The Morgan fingerprint density at radius 1 is 1.29 bits per heavy atom. The van der Waals surface area contributed by atoms with Crippen LogP contribution in [0.5, 0.6) is 0 Å². The topological polar surface area (TPSA) is 116 Å². The lowest BCUT2D eigenvalue weighted by atomic mass is 10.1. The second-order valence-corrected chi connectivity index (χ2v) is 6.64. The van der Waals surface area contributed by atoms with Gasteiger partial charge in [0.25, 0.3) is 5.91 Å². The summed E-state index contributed by atoms with van der Waals surface area (Å²) in [6.45, 7) is -0.112. The maximum absolute atomic E-state index is 12.2. The molecule has 0 bridgehead atoms. The predicted molar refractivity (Wildman–Crippen MR) is 87.5 cm³/mol. The van der Waals surface area contributed by atoms with Gasteiger partial charge in [-0.1, -0.05) is 18.2 Å². The Bertz CT molecular complexity index is 652. The number of rotatable bonds is 6. The molecular weight excluding hydrogens is 334 g/mol. The number of carbonyl (C=O) groups is 3. The van der Waals surface area contributed by atoms with Gasteiger partial charge in [-0.3, -0.25) is 9.59 Å². The van der Waals surface area contributed by atoms with Crippen LogP contribution in [0, 0.1) is 0 Å². The van der Waals surface area contributed by atoms with Crippen LogP contribution < -0.4 is 10.0 Å². The van der Waals surface area contributed by atoms with Gasteiger partial charge in [-0.15, -0.1) is 0 Å². The van der Waals surface area contributed by atoms with E-state index in [4.69, 9.17) is 0 Å². The minimum absolute atomic E-state index is 0.104. The molecule has 1 aliphatic rings. The van der Waals surface area contributed by atoms with Gasteiger partial charge in [-0.05, 0) is 12.1 Å². The summed E-state index contributed by atoms with van der Waals surface area (Å²) in [7, 11) is -1.37. The molecule has 1 aliphatic heterocycles. The van der Waals surface area contributed by atoms with E-state index in [2.05, 4.69) is 10.0 Å². The van der Waals surface area contributed by atoms with Crippen molar-refractivity contribution in [2.75, 3.05) is 19.3 Å². The lowest BCUT2D eigenvalue weighted by Crippen LogP contribution is -2.45. The van der Waals surface area contributed by atoms with Gasteiger partial charge in [-0.25, -0.2) is 13.7 Å². The number of hydrogen-bond acceptors (Lipinski definition) is 4. The van der Waals surface area contributed by atoms with Crippen LogP contribution in [0.25, 0.3) is 0 Å². The Morgan fingerprint density at radius 2 is 1.96 bits per heavy atom. The molecular formula is C15H19N3O5S. The van der Waals surface area contributed by atoms with Crippen molar-refractivity contribution in [2.24, 2.45) is 0 Å². The molecule has 24 heavy (non-hydrogen) atoms. The average molecular weight is 353 g/mol. The van der Waals surface area contributed by atoms with Gasteiger partial charge in [0.1, 0.15) is 6.04 Å². The van der Waals surface area contributed by atoms with E-state index in [1.807, 2.05) is 0 Å². The highest BCUT2D eigenvalue weighted by Gasteiger charge is 2.40. The summed E-state index contributed by atoms with van der Waals surface area (Å²) in [6.07, 6.45) is 1.52. The van der Waals surface area contributed by atoms with E-state index in [1.165, 1.54) is 11.2 Å². The minimum atomic E-state index is -1.37. The monoisotopic (exact) mass is 353 g/mol. The summed E-state index contributed by atoms with van der Waals surface area (Å²) in [6, 6.07) is 7.11. The molecule has 0 radical (unpaired) electrons. The van der Waals surface area contributed by atoms with Crippen molar-refractivity contribution in [3.63, 3.8) is 0 Å². The molecule has 1 aromatic rings. The van der Waals surface area contributed by atoms with E-state index >= 15 is 0 Å². The molecule has 2 amide bonds. The number of likely N-dealkylation sites (tertiary alicyclic amines) is 1. The molecule has 2 rings (SSSR count). The first-order chi connectivity index (χ1) is 11.4. The molecule has 9 heteroatoms. The molecule has 8 nitrogen and oxygen atoms in total. The number of nitrogens with one attached hydrogen (secondary N) is 2. The van der Waals surface area contributed by atoms with Crippen LogP contribution in [-0.2, 0) is 20.6 Å². The van der Waals surface area contributed by atoms with Crippen LogP contribution in [0.1, 0.15) is 16.8 Å². The molecule has 0 spiro atoms. The van der Waals surface area contributed by atoms with Gasteiger partial charge in [0.15, 0.2) is 0 Å². The first kappa shape index (κ1) is 18.1. The van der Waals surface area contributed by atoms with Crippen LogP contribution in [0.3, 0.4) is 0 Å². The zero-order chi connectivity index (χ0) is 17.7. The fourth-order valence-corrected chi connectivity index (χ4v) is 2.90. The standard InChI is InChI=1S/C15H19N3O5S/c1-24(23)16-8-13(19)18-9-11(7-12(18)15(21)22)17-14(20)10-5-3-2-4-6-10/h2-6,11-12,16H,7-9H2,1H3,(H,17,20)(H,21,22)/t11-,12+,24?/m1/s1. The Morgan fingerprint density at radius 3 is 2.54 bits per heavy atom. The number of amides is 2. The Balaban J connectivity index is 2.01. The summed E-state index contributed by atoms with van der Waals surface area (Å²) in [5.74, 6) is -1.90. The summed E-state index contributed by atoms with van der Waals surface area (Å²) in [5.41, 5.74) is 0.470. The van der Waals surface area contributed by atoms with E-state index < -0.39 is 34.9 Å². The van der Waals surface area contributed by atoms with Gasteiger partial charge in [-0.2, -0.15) is 0 Å². The molecule has 1 unspecified atom stereocenters. The molecule has 0 aromatic heterocycles. The quantitative estimate of drug-likeness (QED) is 0.629. The van der Waals surface area contributed by atoms with Gasteiger partial charge < -0.3 is 15.3 Å². The number of aliphatic carboxylic acids is 1. The molecule has 1 saturated heterocycles. The fraction of sp³-hybridized carbons (Fsp3) is 0.400. The second kappa shape index (κ2) is 8.02. The summed E-state index contributed by atoms with van der Waals surface area (Å²) >= 11 is 0. The third kappa shape index (κ3) is 4.62. The van der Waals surface area contributed by atoms with E-state index in [0.29, 0.717) is 5.56 Å². The van der Waals surface area contributed by atoms with Crippen molar-refractivity contribution in [3.8, 4) is 0 Å². The highest BCUT2D eigenvalue weighted by molar-refractivity contribution is 7.82. The molecule has 1 aromatic carbocycles. The summed E-state index contributed by atoms with van der Waals surface area (Å²) in [4.78, 5) is 36.8. The second-order valence-electron chi connectivity index (χ2n) is 5.45. The van der Waals surface area contributed by atoms with Gasteiger partial charge in [0.2, 0.25) is 5.91 Å². The van der Waals surface area contributed by atoms with Crippen LogP contribution in [0.15, 0.2) is 30.3 Å². The highest BCUT2D eigenvalue weighted by Crippen LogP contribution is 2.19. The van der Waals surface area contributed by atoms with Gasteiger partial charge in [0.05, 0.1) is 17.5 Å². The van der Waals surface area contributed by atoms with Gasteiger partial charge in [0, 0.05) is 30.8 Å². The number of carbonyl (C=O) groups excluding carboxylic acids is 2. The largest absolute Gasteiger partial charge is 0.480 e. The van der Waals surface area contributed by atoms with Crippen molar-refractivity contribution in [2.45, 2.75) is 18.5 Å². The molecule has 130 valence electrons. The maximum atomic E-state index is 12.2. The third-order valence-electron chi connectivity index (χ3n) is 3.70. The third-order valence-corrected chi connectivity index (χ3v) is 4.26. The van der Waals surface area contributed by atoms with Crippen molar-refractivity contribution in [3.05, 3.63) is 35.9 Å². The maximum Gasteiger partial charge on any atom is 0.326 e. The Kier molecular flexibility index (Phi) is 6.04. The Hall–Kier alpha value is -2.26. The molecule has 0 aliphatic carbocycles. The van der Waals surface area contributed by atoms with Crippen molar-refractivity contribution < 1.29 is 23.7 Å². The number of carboxylic acids is 1.